The largest absolute Gasteiger partial charge is 0.468 e. The lowest BCUT2D eigenvalue weighted by Crippen LogP contribution is -2.34. The third kappa shape index (κ3) is 3.63. The van der Waals surface area contributed by atoms with Gasteiger partial charge in [0.25, 0.3) is 0 Å². The van der Waals surface area contributed by atoms with E-state index in [1.807, 2.05) is 13.0 Å². The van der Waals surface area contributed by atoms with Crippen molar-refractivity contribution in [3.8, 4) is 0 Å². The molecular weight excluding hydrogens is 194 g/mol. The van der Waals surface area contributed by atoms with E-state index in [1.165, 1.54) is 7.11 Å². The standard InChI is InChI=1S/C10H15N3O2/c1-7(10(14)15-3)12-6-9-4-5-11-8(2)13-9/h4-5,7,12H,6H2,1-3H3/t7-/m0/s1. The van der Waals surface area contributed by atoms with E-state index < -0.39 is 0 Å². The molecule has 0 saturated heterocycles. The van der Waals surface area contributed by atoms with Crippen LogP contribution in [0.2, 0.25) is 0 Å². The molecule has 0 saturated carbocycles. The van der Waals surface area contributed by atoms with E-state index in [-0.39, 0.29) is 12.0 Å². The molecule has 15 heavy (non-hydrogen) atoms. The lowest BCUT2D eigenvalue weighted by atomic mass is 10.3. The molecule has 1 rings (SSSR count). The average molecular weight is 209 g/mol. The highest BCUT2D eigenvalue weighted by Crippen LogP contribution is 1.95. The number of carbonyl (C=O) groups excluding carboxylic acids is 1. The lowest BCUT2D eigenvalue weighted by Gasteiger charge is -2.10. The topological polar surface area (TPSA) is 64.1 Å². The Morgan fingerprint density at radius 1 is 1.67 bits per heavy atom. The van der Waals surface area contributed by atoms with Crippen molar-refractivity contribution in [3.63, 3.8) is 0 Å². The molecule has 82 valence electrons. The molecule has 0 aliphatic heterocycles. The summed E-state index contributed by atoms with van der Waals surface area (Å²) in [6, 6.07) is 1.48. The van der Waals surface area contributed by atoms with Crippen molar-refractivity contribution in [1.29, 1.82) is 0 Å². The Bertz CT molecular complexity index is 341. The van der Waals surface area contributed by atoms with Gasteiger partial charge in [-0.1, -0.05) is 0 Å². The second-order valence-electron chi connectivity index (χ2n) is 3.22. The third-order valence-corrected chi connectivity index (χ3v) is 1.98. The quantitative estimate of drug-likeness (QED) is 0.729. The van der Waals surface area contributed by atoms with Crippen LogP contribution in [-0.2, 0) is 16.1 Å². The first-order valence-corrected chi connectivity index (χ1v) is 4.73. The summed E-state index contributed by atoms with van der Waals surface area (Å²) in [6.45, 7) is 4.10. The maximum atomic E-state index is 11.1. The zero-order chi connectivity index (χ0) is 11.3. The van der Waals surface area contributed by atoms with Crippen LogP contribution in [0.3, 0.4) is 0 Å². The fraction of sp³-hybridized carbons (Fsp3) is 0.500. The summed E-state index contributed by atoms with van der Waals surface area (Å²) in [7, 11) is 1.37. The molecule has 0 unspecified atom stereocenters. The Labute approximate surface area is 88.9 Å². The Balaban J connectivity index is 2.47. The fourth-order valence-corrected chi connectivity index (χ4v) is 1.12. The van der Waals surface area contributed by atoms with Gasteiger partial charge in [-0.3, -0.25) is 10.1 Å². The minimum absolute atomic E-state index is 0.277. The van der Waals surface area contributed by atoms with Crippen molar-refractivity contribution in [2.45, 2.75) is 26.4 Å². The molecular formula is C10H15N3O2. The zero-order valence-corrected chi connectivity index (χ0v) is 9.15. The molecule has 0 amide bonds. The normalized spacial score (nSPS) is 12.2. The predicted octanol–water partition coefficient (Wildman–Crippen LogP) is 0.436. The summed E-state index contributed by atoms with van der Waals surface area (Å²) in [5.41, 5.74) is 0.859. The van der Waals surface area contributed by atoms with Crippen molar-refractivity contribution in [2.24, 2.45) is 0 Å². The second kappa shape index (κ2) is 5.41. The van der Waals surface area contributed by atoms with Crippen LogP contribution in [0, 0.1) is 6.92 Å². The number of aromatic nitrogens is 2. The summed E-state index contributed by atoms with van der Waals surface area (Å²) >= 11 is 0. The molecule has 1 heterocycles. The van der Waals surface area contributed by atoms with Crippen molar-refractivity contribution < 1.29 is 9.53 Å². The smallest absolute Gasteiger partial charge is 0.322 e. The first kappa shape index (κ1) is 11.6. The van der Waals surface area contributed by atoms with Gasteiger partial charge in [0.1, 0.15) is 11.9 Å². The Kier molecular flexibility index (Phi) is 4.17. The molecule has 0 radical (unpaired) electrons. The van der Waals surface area contributed by atoms with E-state index in [4.69, 9.17) is 0 Å². The summed E-state index contributed by atoms with van der Waals surface area (Å²) in [5, 5.41) is 3.01. The molecule has 1 aromatic heterocycles. The molecule has 1 atom stereocenters. The van der Waals surface area contributed by atoms with Crippen molar-refractivity contribution in [2.75, 3.05) is 7.11 Å². The number of ether oxygens (including phenoxy) is 1. The van der Waals surface area contributed by atoms with E-state index in [9.17, 15) is 4.79 Å². The fourth-order valence-electron chi connectivity index (χ4n) is 1.12. The number of aryl methyl sites for hydroxylation is 1. The number of rotatable bonds is 4. The highest BCUT2D eigenvalue weighted by atomic mass is 16.5. The van der Waals surface area contributed by atoms with Crippen LogP contribution in [-0.4, -0.2) is 29.1 Å². The minimum atomic E-state index is -0.328. The first-order valence-electron chi connectivity index (χ1n) is 4.73. The van der Waals surface area contributed by atoms with Crippen LogP contribution in [0.25, 0.3) is 0 Å². The summed E-state index contributed by atoms with van der Waals surface area (Å²) in [5.74, 6) is 0.445. The number of nitrogens with zero attached hydrogens (tertiary/aromatic N) is 2. The summed E-state index contributed by atoms with van der Waals surface area (Å²) in [4.78, 5) is 19.3. The molecule has 1 N–H and O–H groups in total. The van der Waals surface area contributed by atoms with Crippen molar-refractivity contribution in [3.05, 3.63) is 23.8 Å². The number of esters is 1. The van der Waals surface area contributed by atoms with E-state index in [1.54, 1.807) is 13.1 Å². The van der Waals surface area contributed by atoms with Crippen LogP contribution in [0.5, 0.6) is 0 Å². The minimum Gasteiger partial charge on any atom is -0.468 e. The highest BCUT2D eigenvalue weighted by Gasteiger charge is 2.11. The van der Waals surface area contributed by atoms with Crippen LogP contribution in [0.4, 0.5) is 0 Å². The predicted molar refractivity (Wildman–Crippen MR) is 55.1 cm³/mol. The lowest BCUT2D eigenvalue weighted by molar-refractivity contribution is -0.142. The summed E-state index contributed by atoms with van der Waals surface area (Å²) in [6.07, 6.45) is 1.70. The average Bonchev–Trinajstić information content (AvgIpc) is 2.25. The maximum absolute atomic E-state index is 11.1. The van der Waals surface area contributed by atoms with Gasteiger partial charge in [0, 0.05) is 12.7 Å². The number of carbonyl (C=O) groups is 1. The van der Waals surface area contributed by atoms with Gasteiger partial charge in [-0.15, -0.1) is 0 Å². The highest BCUT2D eigenvalue weighted by molar-refractivity contribution is 5.74. The van der Waals surface area contributed by atoms with Gasteiger partial charge in [0.05, 0.1) is 12.8 Å². The molecule has 0 aliphatic carbocycles. The van der Waals surface area contributed by atoms with Crippen LogP contribution in [0.1, 0.15) is 18.4 Å². The maximum Gasteiger partial charge on any atom is 0.322 e. The molecule has 0 aromatic carbocycles. The molecule has 5 heteroatoms. The first-order chi connectivity index (χ1) is 7.13. The van der Waals surface area contributed by atoms with E-state index in [0.717, 1.165) is 11.5 Å². The van der Waals surface area contributed by atoms with Crippen molar-refractivity contribution in [1.82, 2.24) is 15.3 Å². The van der Waals surface area contributed by atoms with Crippen LogP contribution >= 0.6 is 0 Å². The Morgan fingerprint density at radius 3 is 3.00 bits per heavy atom. The van der Waals surface area contributed by atoms with Gasteiger partial charge in [0.2, 0.25) is 0 Å². The van der Waals surface area contributed by atoms with E-state index in [0.29, 0.717) is 6.54 Å². The molecule has 0 bridgehead atoms. The molecule has 0 aliphatic rings. The molecule has 5 nitrogen and oxygen atoms in total. The third-order valence-electron chi connectivity index (χ3n) is 1.98. The zero-order valence-electron chi connectivity index (χ0n) is 9.15. The van der Waals surface area contributed by atoms with Gasteiger partial charge in [-0.2, -0.15) is 0 Å². The summed E-state index contributed by atoms with van der Waals surface area (Å²) < 4.78 is 4.59. The van der Waals surface area contributed by atoms with Gasteiger partial charge in [-0.05, 0) is 19.9 Å². The number of hydrogen-bond donors (Lipinski definition) is 1. The van der Waals surface area contributed by atoms with E-state index >= 15 is 0 Å². The Hall–Kier alpha value is -1.49. The second-order valence-corrected chi connectivity index (χ2v) is 3.22. The van der Waals surface area contributed by atoms with Crippen LogP contribution < -0.4 is 5.32 Å². The van der Waals surface area contributed by atoms with Gasteiger partial charge < -0.3 is 4.74 Å². The van der Waals surface area contributed by atoms with Crippen molar-refractivity contribution >= 4 is 5.97 Å². The number of methoxy groups -OCH3 is 1. The van der Waals surface area contributed by atoms with Gasteiger partial charge >= 0.3 is 5.97 Å². The van der Waals surface area contributed by atoms with Crippen LogP contribution in [0.15, 0.2) is 12.3 Å². The SMILES string of the molecule is COC(=O)[C@H](C)NCc1ccnc(C)n1. The molecule has 0 fully saturated rings. The number of nitrogens with one attached hydrogen (secondary N) is 1. The monoisotopic (exact) mass is 209 g/mol. The molecule has 0 spiro atoms. The number of hydrogen-bond acceptors (Lipinski definition) is 5. The van der Waals surface area contributed by atoms with Gasteiger partial charge in [-0.25, -0.2) is 9.97 Å². The van der Waals surface area contributed by atoms with E-state index in [2.05, 4.69) is 20.0 Å². The van der Waals surface area contributed by atoms with Gasteiger partial charge in [0.15, 0.2) is 0 Å². The Morgan fingerprint density at radius 2 is 2.40 bits per heavy atom. The molecule has 1 aromatic rings.